The second-order valence-electron chi connectivity index (χ2n) is 9.13. The maximum atomic E-state index is 11.6. The van der Waals surface area contributed by atoms with E-state index >= 15 is 0 Å². The van der Waals surface area contributed by atoms with E-state index in [4.69, 9.17) is 4.74 Å². The number of hydrogen-bond donors (Lipinski definition) is 0. The van der Waals surface area contributed by atoms with Crippen molar-refractivity contribution in [1.82, 2.24) is 4.90 Å². The quantitative estimate of drug-likeness (QED) is 0.0944. The van der Waals surface area contributed by atoms with E-state index in [2.05, 4.69) is 19.1 Å². The number of carbonyl (C=O) groups excluding carboxylic acids is 1. The van der Waals surface area contributed by atoms with Crippen molar-refractivity contribution in [2.75, 3.05) is 27.2 Å². The predicted molar refractivity (Wildman–Crippen MR) is 132 cm³/mol. The van der Waals surface area contributed by atoms with E-state index in [1.165, 1.54) is 96.3 Å². The molecule has 0 heterocycles. The Morgan fingerprint density at radius 3 is 1.57 bits per heavy atom. The van der Waals surface area contributed by atoms with Gasteiger partial charge in [0.15, 0.2) is 0 Å². The smallest absolute Gasteiger partial charge is 0.305 e. The fourth-order valence-electron chi connectivity index (χ4n) is 3.64. The number of likely N-dealkylation sites (N-methyl/N-ethyl adjacent to an activating group) is 1. The van der Waals surface area contributed by atoms with Gasteiger partial charge in [0.2, 0.25) is 0 Å². The minimum Gasteiger partial charge on any atom is -0.464 e. The highest BCUT2D eigenvalue weighted by atomic mass is 16.5. The monoisotopic (exact) mass is 423 g/mol. The zero-order valence-electron chi connectivity index (χ0n) is 20.8. The molecule has 0 fully saturated rings. The largest absolute Gasteiger partial charge is 0.464 e. The Morgan fingerprint density at radius 2 is 1.10 bits per heavy atom. The molecule has 0 amide bonds. The van der Waals surface area contributed by atoms with Gasteiger partial charge < -0.3 is 9.64 Å². The van der Waals surface area contributed by atoms with Crippen molar-refractivity contribution in [3.05, 3.63) is 12.2 Å². The van der Waals surface area contributed by atoms with Crippen LogP contribution in [0.25, 0.3) is 0 Å². The number of nitrogens with zero attached hydrogens (tertiary/aromatic N) is 1. The van der Waals surface area contributed by atoms with Crippen molar-refractivity contribution in [3.63, 3.8) is 0 Å². The molecule has 0 bridgehead atoms. The molecule has 0 spiro atoms. The summed E-state index contributed by atoms with van der Waals surface area (Å²) in [5.74, 6) is -0.0465. The Bertz CT molecular complexity index is 379. The first-order chi connectivity index (χ1) is 14.7. The fourth-order valence-corrected chi connectivity index (χ4v) is 3.64. The van der Waals surface area contributed by atoms with Crippen LogP contribution in [0.3, 0.4) is 0 Å². The van der Waals surface area contributed by atoms with Crippen molar-refractivity contribution in [2.24, 2.45) is 0 Å². The molecule has 0 rings (SSSR count). The lowest BCUT2D eigenvalue weighted by atomic mass is 10.0. The zero-order chi connectivity index (χ0) is 22.1. The highest BCUT2D eigenvalue weighted by molar-refractivity contribution is 5.69. The third-order valence-corrected chi connectivity index (χ3v) is 5.69. The molecule has 178 valence electrons. The Balaban J connectivity index is 3.18. The lowest BCUT2D eigenvalue weighted by molar-refractivity contribution is -0.144. The molecule has 0 atom stereocenters. The summed E-state index contributed by atoms with van der Waals surface area (Å²) in [5.41, 5.74) is 0. The van der Waals surface area contributed by atoms with Crippen LogP contribution >= 0.6 is 0 Å². The molecular weight excluding hydrogens is 370 g/mol. The predicted octanol–water partition coefficient (Wildman–Crippen LogP) is 8.08. The second kappa shape index (κ2) is 24.4. The van der Waals surface area contributed by atoms with Gasteiger partial charge in [-0.3, -0.25) is 4.79 Å². The lowest BCUT2D eigenvalue weighted by Gasteiger charge is -2.09. The number of allylic oxidation sites excluding steroid dienone is 2. The highest BCUT2D eigenvalue weighted by Gasteiger charge is 2.02. The molecule has 3 nitrogen and oxygen atoms in total. The summed E-state index contributed by atoms with van der Waals surface area (Å²) < 4.78 is 5.20. The van der Waals surface area contributed by atoms with Crippen molar-refractivity contribution >= 4 is 5.97 Å². The van der Waals surface area contributed by atoms with E-state index in [1.54, 1.807) is 0 Å². The van der Waals surface area contributed by atoms with Crippen molar-refractivity contribution in [2.45, 2.75) is 129 Å². The van der Waals surface area contributed by atoms with Crippen LogP contribution in [0.1, 0.15) is 129 Å². The van der Waals surface area contributed by atoms with Crippen LogP contribution in [-0.2, 0) is 9.53 Å². The molecule has 0 unspecified atom stereocenters. The summed E-state index contributed by atoms with van der Waals surface area (Å²) >= 11 is 0. The van der Waals surface area contributed by atoms with Crippen molar-refractivity contribution in [3.8, 4) is 0 Å². The van der Waals surface area contributed by atoms with Gasteiger partial charge in [-0.05, 0) is 46.2 Å². The Morgan fingerprint density at radius 1 is 0.667 bits per heavy atom. The van der Waals surface area contributed by atoms with Crippen molar-refractivity contribution in [1.29, 1.82) is 0 Å². The summed E-state index contributed by atoms with van der Waals surface area (Å²) in [6.07, 6.45) is 29.4. The normalized spacial score (nSPS) is 11.6. The van der Waals surface area contributed by atoms with Crippen molar-refractivity contribution < 1.29 is 9.53 Å². The van der Waals surface area contributed by atoms with Crippen LogP contribution in [0.4, 0.5) is 0 Å². The molecule has 0 N–H and O–H groups in total. The molecule has 30 heavy (non-hydrogen) atoms. The topological polar surface area (TPSA) is 29.5 Å². The molecular formula is C27H53NO2. The maximum Gasteiger partial charge on any atom is 0.305 e. The first-order valence-electron chi connectivity index (χ1n) is 13.1. The van der Waals surface area contributed by atoms with E-state index in [9.17, 15) is 4.79 Å². The minimum atomic E-state index is -0.0465. The average molecular weight is 424 g/mol. The summed E-state index contributed by atoms with van der Waals surface area (Å²) in [5, 5.41) is 0. The van der Waals surface area contributed by atoms with Gasteiger partial charge in [-0.25, -0.2) is 0 Å². The molecule has 0 radical (unpaired) electrons. The van der Waals surface area contributed by atoms with Crippen LogP contribution < -0.4 is 0 Å². The van der Waals surface area contributed by atoms with E-state index in [0.29, 0.717) is 13.0 Å². The average Bonchev–Trinajstić information content (AvgIpc) is 2.72. The summed E-state index contributed by atoms with van der Waals surface area (Å²) in [7, 11) is 3.97. The van der Waals surface area contributed by atoms with Gasteiger partial charge in [-0.15, -0.1) is 0 Å². The minimum absolute atomic E-state index is 0.0465. The van der Waals surface area contributed by atoms with Crippen LogP contribution in [0.2, 0.25) is 0 Å². The van der Waals surface area contributed by atoms with Gasteiger partial charge in [0.25, 0.3) is 0 Å². The molecule has 0 aliphatic heterocycles. The summed E-state index contributed by atoms with van der Waals surface area (Å²) in [4.78, 5) is 13.6. The molecule has 0 aliphatic rings. The molecule has 0 aromatic rings. The number of hydrogen-bond acceptors (Lipinski definition) is 3. The Labute approximate surface area is 189 Å². The Hall–Kier alpha value is -0.830. The SMILES string of the molecule is CCCCCCCCCCCCCCCC=CCCCCCC(=O)OCCN(C)C. The number of rotatable bonds is 23. The van der Waals surface area contributed by atoms with E-state index < -0.39 is 0 Å². The van der Waals surface area contributed by atoms with E-state index in [1.807, 2.05) is 19.0 Å². The molecule has 0 aromatic heterocycles. The van der Waals surface area contributed by atoms with Gasteiger partial charge in [0.1, 0.15) is 6.61 Å². The Kier molecular flexibility index (Phi) is 23.8. The van der Waals surface area contributed by atoms with Crippen LogP contribution in [0.15, 0.2) is 12.2 Å². The van der Waals surface area contributed by atoms with Gasteiger partial charge in [0, 0.05) is 13.0 Å². The first kappa shape index (κ1) is 29.2. The number of ether oxygens (including phenoxy) is 1. The van der Waals surface area contributed by atoms with Crippen LogP contribution in [-0.4, -0.2) is 38.1 Å². The molecule has 0 aliphatic carbocycles. The summed E-state index contributed by atoms with van der Waals surface area (Å²) in [6, 6.07) is 0. The number of esters is 1. The number of unbranched alkanes of at least 4 members (excludes halogenated alkanes) is 16. The second-order valence-corrected chi connectivity index (χ2v) is 9.13. The molecule has 0 saturated carbocycles. The van der Waals surface area contributed by atoms with Gasteiger partial charge in [0.05, 0.1) is 0 Å². The van der Waals surface area contributed by atoms with Crippen LogP contribution in [0.5, 0.6) is 0 Å². The standard InChI is InChI=1S/C27H53NO2/c1-4-5-6-7-8-9-10-11-12-13-14-15-16-17-18-19-20-21-22-23-24-27(29)30-26-25-28(2)3/h18-19H,4-17,20-26H2,1-3H3. The summed E-state index contributed by atoms with van der Waals surface area (Å²) in [6.45, 7) is 3.60. The van der Waals surface area contributed by atoms with Gasteiger partial charge in [-0.1, -0.05) is 103 Å². The molecule has 0 aromatic carbocycles. The third kappa shape index (κ3) is 25.2. The molecule has 0 saturated heterocycles. The molecule has 3 heteroatoms. The highest BCUT2D eigenvalue weighted by Crippen LogP contribution is 2.13. The van der Waals surface area contributed by atoms with Gasteiger partial charge >= 0.3 is 5.97 Å². The maximum absolute atomic E-state index is 11.6. The van der Waals surface area contributed by atoms with Gasteiger partial charge in [-0.2, -0.15) is 0 Å². The number of carbonyl (C=O) groups is 1. The van der Waals surface area contributed by atoms with Crippen LogP contribution in [0, 0.1) is 0 Å². The fraction of sp³-hybridized carbons (Fsp3) is 0.889. The van der Waals surface area contributed by atoms with E-state index in [-0.39, 0.29) is 5.97 Å². The third-order valence-electron chi connectivity index (χ3n) is 5.69. The lowest BCUT2D eigenvalue weighted by Crippen LogP contribution is -2.20. The zero-order valence-corrected chi connectivity index (χ0v) is 20.8. The van der Waals surface area contributed by atoms with E-state index in [0.717, 1.165) is 25.8 Å². The first-order valence-corrected chi connectivity index (χ1v) is 13.1.